The summed E-state index contributed by atoms with van der Waals surface area (Å²) in [5.41, 5.74) is 0. The van der Waals surface area contributed by atoms with Gasteiger partial charge in [0.2, 0.25) is 0 Å². The monoisotopic (exact) mass is 179 g/mol. The average Bonchev–Trinajstić information content (AvgIpc) is 1.88. The fourth-order valence-corrected chi connectivity index (χ4v) is 0.610. The summed E-state index contributed by atoms with van der Waals surface area (Å²) in [6.45, 7) is 4.94. The third kappa shape index (κ3) is 2.59. The molecule has 66 valence electrons. The van der Waals surface area contributed by atoms with Crippen molar-refractivity contribution < 1.29 is 13.7 Å². The SMILES string of the molecule is CCOC(=O)C(C)(C)S(N)=O. The van der Waals surface area contributed by atoms with E-state index < -0.39 is 21.7 Å². The van der Waals surface area contributed by atoms with Gasteiger partial charge in [-0.3, -0.25) is 9.93 Å². The summed E-state index contributed by atoms with van der Waals surface area (Å²) in [7, 11) is -1.68. The topological polar surface area (TPSA) is 69.4 Å². The highest BCUT2D eigenvalue weighted by Crippen LogP contribution is 2.11. The van der Waals surface area contributed by atoms with Crippen LogP contribution >= 0.6 is 0 Å². The van der Waals surface area contributed by atoms with Crippen LogP contribution in [0.2, 0.25) is 0 Å². The van der Waals surface area contributed by atoms with E-state index in [9.17, 15) is 9.00 Å². The van der Waals surface area contributed by atoms with Crippen molar-refractivity contribution in [2.75, 3.05) is 6.61 Å². The van der Waals surface area contributed by atoms with E-state index in [1.54, 1.807) is 6.92 Å². The Morgan fingerprint density at radius 3 is 2.36 bits per heavy atom. The summed E-state index contributed by atoms with van der Waals surface area (Å²) in [5.74, 6) is -0.527. The normalized spacial score (nSPS) is 14.2. The van der Waals surface area contributed by atoms with Gasteiger partial charge in [-0.25, -0.2) is 4.21 Å². The van der Waals surface area contributed by atoms with Crippen molar-refractivity contribution in [1.29, 1.82) is 0 Å². The van der Waals surface area contributed by atoms with Crippen LogP contribution in [0.3, 0.4) is 0 Å². The molecule has 4 nitrogen and oxygen atoms in total. The third-order valence-corrected chi connectivity index (χ3v) is 2.44. The fraction of sp³-hybridized carbons (Fsp3) is 0.833. The largest absolute Gasteiger partial charge is 0.465 e. The number of hydrogen-bond donors (Lipinski definition) is 1. The molecule has 0 bridgehead atoms. The van der Waals surface area contributed by atoms with Gasteiger partial charge < -0.3 is 4.74 Å². The lowest BCUT2D eigenvalue weighted by atomic mass is 10.2. The van der Waals surface area contributed by atoms with Gasteiger partial charge in [0.1, 0.15) is 11.0 Å². The molecule has 5 heteroatoms. The van der Waals surface area contributed by atoms with Crippen molar-refractivity contribution >= 4 is 17.0 Å². The van der Waals surface area contributed by atoms with Crippen LogP contribution in [0.25, 0.3) is 0 Å². The maximum atomic E-state index is 11.0. The van der Waals surface area contributed by atoms with E-state index in [-0.39, 0.29) is 6.61 Å². The summed E-state index contributed by atoms with van der Waals surface area (Å²) >= 11 is 0. The summed E-state index contributed by atoms with van der Waals surface area (Å²) in [5, 5.41) is 5.07. The Balaban J connectivity index is 4.30. The van der Waals surface area contributed by atoms with Crippen molar-refractivity contribution in [1.82, 2.24) is 0 Å². The lowest BCUT2D eigenvalue weighted by Gasteiger charge is -2.17. The van der Waals surface area contributed by atoms with Gasteiger partial charge in [-0.05, 0) is 20.8 Å². The summed E-state index contributed by atoms with van der Waals surface area (Å²) in [6.07, 6.45) is 0. The van der Waals surface area contributed by atoms with Gasteiger partial charge in [-0.2, -0.15) is 0 Å². The van der Waals surface area contributed by atoms with Crippen molar-refractivity contribution in [3.05, 3.63) is 0 Å². The molecule has 0 saturated carbocycles. The number of nitrogens with two attached hydrogens (primary N) is 1. The van der Waals surface area contributed by atoms with Crippen molar-refractivity contribution in [2.24, 2.45) is 5.14 Å². The molecule has 0 rings (SSSR count). The molecule has 0 aliphatic carbocycles. The molecule has 0 aromatic carbocycles. The van der Waals surface area contributed by atoms with Crippen LogP contribution in [0.5, 0.6) is 0 Å². The van der Waals surface area contributed by atoms with E-state index in [0.29, 0.717) is 0 Å². The summed E-state index contributed by atoms with van der Waals surface area (Å²) < 4.78 is 14.3. The second-order valence-electron chi connectivity index (χ2n) is 2.53. The second kappa shape index (κ2) is 3.82. The van der Waals surface area contributed by atoms with E-state index in [1.807, 2.05) is 0 Å². The Hall–Kier alpha value is -0.420. The van der Waals surface area contributed by atoms with Gasteiger partial charge in [0, 0.05) is 0 Å². The predicted molar refractivity (Wildman–Crippen MR) is 43.0 cm³/mol. The maximum absolute atomic E-state index is 11.0. The number of ether oxygens (including phenoxy) is 1. The smallest absolute Gasteiger partial charge is 0.325 e. The summed E-state index contributed by atoms with van der Waals surface area (Å²) in [6, 6.07) is 0. The molecule has 1 unspecified atom stereocenters. The number of rotatable bonds is 3. The molecule has 0 amide bonds. The quantitative estimate of drug-likeness (QED) is 0.617. The van der Waals surface area contributed by atoms with Crippen molar-refractivity contribution in [2.45, 2.75) is 25.5 Å². The number of carbonyl (C=O) groups is 1. The van der Waals surface area contributed by atoms with Gasteiger partial charge in [0.05, 0.1) is 6.61 Å². The molecule has 0 radical (unpaired) electrons. The number of hydrogen-bond acceptors (Lipinski definition) is 3. The van der Waals surface area contributed by atoms with Crippen LogP contribution in [-0.2, 0) is 20.5 Å². The standard InChI is InChI=1S/C6H13NO3S/c1-4-10-5(8)6(2,3)11(7)9/h4,7H2,1-3H3. The molecule has 0 saturated heterocycles. The third-order valence-electron chi connectivity index (χ3n) is 1.27. The van der Waals surface area contributed by atoms with Crippen molar-refractivity contribution in [3.63, 3.8) is 0 Å². The highest BCUT2D eigenvalue weighted by molar-refractivity contribution is 7.85. The molecule has 1 atom stereocenters. The van der Waals surface area contributed by atoms with E-state index in [0.717, 1.165) is 0 Å². The lowest BCUT2D eigenvalue weighted by molar-refractivity contribution is -0.145. The highest BCUT2D eigenvalue weighted by Gasteiger charge is 2.34. The van der Waals surface area contributed by atoms with Crippen LogP contribution in [0.1, 0.15) is 20.8 Å². The molecular formula is C6H13NO3S. The zero-order chi connectivity index (χ0) is 9.07. The Morgan fingerprint density at radius 2 is 2.09 bits per heavy atom. The van der Waals surface area contributed by atoms with Gasteiger partial charge in [-0.15, -0.1) is 0 Å². The fourth-order valence-electron chi connectivity index (χ4n) is 0.387. The molecule has 0 aliphatic rings. The van der Waals surface area contributed by atoms with Crippen LogP contribution in [0, 0.1) is 0 Å². The predicted octanol–water partition coefficient (Wildman–Crippen LogP) is -0.0495. The zero-order valence-electron chi connectivity index (χ0n) is 6.92. The average molecular weight is 179 g/mol. The molecule has 0 aromatic rings. The van der Waals surface area contributed by atoms with Crippen LogP contribution < -0.4 is 5.14 Å². The van der Waals surface area contributed by atoms with Gasteiger partial charge in [0.25, 0.3) is 0 Å². The van der Waals surface area contributed by atoms with Crippen LogP contribution in [0.15, 0.2) is 0 Å². The first-order chi connectivity index (χ1) is 4.92. The Kier molecular flexibility index (Phi) is 3.68. The number of carbonyl (C=O) groups excluding carboxylic acids is 1. The number of esters is 1. The summed E-state index contributed by atoms with van der Waals surface area (Å²) in [4.78, 5) is 11.0. The van der Waals surface area contributed by atoms with E-state index in [4.69, 9.17) is 5.14 Å². The van der Waals surface area contributed by atoms with E-state index >= 15 is 0 Å². The first-order valence-electron chi connectivity index (χ1n) is 3.26. The minimum atomic E-state index is -1.68. The molecule has 0 aromatic heterocycles. The minimum absolute atomic E-state index is 0.277. The molecule has 2 N–H and O–H groups in total. The lowest BCUT2D eigenvalue weighted by Crippen LogP contribution is -2.41. The highest BCUT2D eigenvalue weighted by atomic mass is 32.2. The zero-order valence-corrected chi connectivity index (χ0v) is 7.73. The van der Waals surface area contributed by atoms with Gasteiger partial charge >= 0.3 is 5.97 Å². The Bertz CT molecular complexity index is 179. The molecule has 0 aliphatic heterocycles. The van der Waals surface area contributed by atoms with Gasteiger partial charge in [-0.1, -0.05) is 0 Å². The van der Waals surface area contributed by atoms with Gasteiger partial charge in [0.15, 0.2) is 4.75 Å². The van der Waals surface area contributed by atoms with E-state index in [1.165, 1.54) is 13.8 Å². The Morgan fingerprint density at radius 1 is 1.64 bits per heavy atom. The van der Waals surface area contributed by atoms with Crippen molar-refractivity contribution in [3.8, 4) is 0 Å². The second-order valence-corrected chi connectivity index (χ2v) is 4.14. The minimum Gasteiger partial charge on any atom is -0.465 e. The van der Waals surface area contributed by atoms with Crippen LogP contribution in [-0.4, -0.2) is 21.5 Å². The molecular weight excluding hydrogens is 166 g/mol. The Labute approximate surface area is 68.7 Å². The van der Waals surface area contributed by atoms with E-state index in [2.05, 4.69) is 4.74 Å². The maximum Gasteiger partial charge on any atom is 0.325 e. The molecule has 0 spiro atoms. The molecule has 11 heavy (non-hydrogen) atoms. The molecule has 0 fully saturated rings. The molecule has 0 heterocycles. The first kappa shape index (κ1) is 10.6. The first-order valence-corrected chi connectivity index (χ1v) is 4.47. The van der Waals surface area contributed by atoms with Crippen LogP contribution in [0.4, 0.5) is 0 Å².